The van der Waals surface area contributed by atoms with E-state index < -0.39 is 252 Å². The Morgan fingerprint density at radius 1 is 0.308 bits per heavy atom. The van der Waals surface area contributed by atoms with Crippen LogP contribution in [0, 0.1) is 186 Å². The molecule has 9 aromatic rings. The minimum atomic E-state index is -8.05. The van der Waals surface area contributed by atoms with Gasteiger partial charge in [0.1, 0.15) is 29.4 Å². The number of rotatable bonds is 14. The van der Waals surface area contributed by atoms with Crippen molar-refractivity contribution in [3.05, 3.63) is 193 Å². The molecule has 0 aliphatic carbocycles. The quantitative estimate of drug-likeness (QED) is 0.0364. The summed E-state index contributed by atoms with van der Waals surface area (Å²) in [6.07, 6.45) is -2.35. The van der Waals surface area contributed by atoms with Gasteiger partial charge in [-0.15, -0.1) is 21.9 Å². The summed E-state index contributed by atoms with van der Waals surface area (Å²) in [5.41, 5.74) is -15.4. The molecule has 0 heterocycles. The molecular formula is C58H29BF31N. The summed E-state index contributed by atoms with van der Waals surface area (Å²) in [6, 6.07) is 3.96. The van der Waals surface area contributed by atoms with Crippen LogP contribution in [0.4, 0.5) is 142 Å². The molecule has 0 radical (unpaired) electrons. The Hall–Kier alpha value is -8.13. The smallest absolute Gasteiger partial charge is 0.225 e. The highest BCUT2D eigenvalue weighted by Gasteiger charge is 2.52. The van der Waals surface area contributed by atoms with Gasteiger partial charge in [-0.25, -0.2) is 127 Å². The molecule has 3 unspecified atom stereocenters. The Morgan fingerprint density at radius 2 is 0.560 bits per heavy atom. The zero-order valence-corrected chi connectivity index (χ0v) is 45.1. The van der Waals surface area contributed by atoms with Gasteiger partial charge in [-0.1, -0.05) is 46.1 Å². The van der Waals surface area contributed by atoms with Crippen LogP contribution in [-0.4, -0.2) is 19.5 Å². The predicted molar refractivity (Wildman–Crippen MR) is 264 cm³/mol. The van der Waals surface area contributed by atoms with Crippen LogP contribution in [0.15, 0.2) is 18.2 Å². The molecule has 0 aromatic heterocycles. The molecule has 0 amide bonds. The Balaban J connectivity index is 0.000000411. The predicted octanol–water partition coefficient (Wildman–Crippen LogP) is 16.2. The molecule has 91 heavy (non-hydrogen) atoms. The molecule has 0 saturated carbocycles. The van der Waals surface area contributed by atoms with Crippen molar-refractivity contribution in [3.8, 4) is 0 Å². The lowest BCUT2D eigenvalue weighted by molar-refractivity contribution is -0.852. The van der Waals surface area contributed by atoms with Gasteiger partial charge < -0.3 is 0 Å². The summed E-state index contributed by atoms with van der Waals surface area (Å²) < 4.78 is 487. The second-order valence-corrected chi connectivity index (χ2v) is 20.6. The van der Waals surface area contributed by atoms with Crippen molar-refractivity contribution in [3.63, 3.8) is 0 Å². The van der Waals surface area contributed by atoms with Crippen LogP contribution >= 0.6 is 0 Å². The monoisotopic (exact) mass is 1340 g/mol. The van der Waals surface area contributed by atoms with E-state index in [0.717, 1.165) is 18.9 Å². The average Bonchev–Trinajstić information content (AvgIpc) is 0.664. The molecule has 486 valence electrons. The first-order valence-electron chi connectivity index (χ1n) is 25.8. The van der Waals surface area contributed by atoms with E-state index in [9.17, 15) is 30.7 Å². The summed E-state index contributed by atoms with van der Waals surface area (Å²) in [4.78, 5) is 0.369. The molecule has 9 rings (SSSR count). The van der Waals surface area contributed by atoms with Gasteiger partial charge in [0.2, 0.25) is 12.6 Å². The summed E-state index contributed by atoms with van der Waals surface area (Å²) >= 11 is 0. The highest BCUT2D eigenvalue weighted by Crippen LogP contribution is 2.42. The largest absolute Gasteiger partial charge is 0.273 e. The van der Waals surface area contributed by atoms with Crippen molar-refractivity contribution in [1.29, 1.82) is 0 Å². The van der Waals surface area contributed by atoms with E-state index in [4.69, 9.17) is 0 Å². The first kappa shape index (κ1) is 68.8. The molecule has 9 aromatic carbocycles. The Morgan fingerprint density at radius 3 is 0.802 bits per heavy atom. The molecule has 33 heteroatoms. The van der Waals surface area contributed by atoms with Crippen LogP contribution in [0.3, 0.4) is 0 Å². The maximum absolute atomic E-state index is 17.3. The van der Waals surface area contributed by atoms with Gasteiger partial charge in [-0.05, 0) is 46.4 Å². The van der Waals surface area contributed by atoms with Crippen LogP contribution in [-0.2, 0) is 0 Å². The van der Waals surface area contributed by atoms with Gasteiger partial charge in [0, 0.05) is 12.0 Å². The van der Waals surface area contributed by atoms with Crippen LogP contribution in [0.25, 0.3) is 43.1 Å². The minimum absolute atomic E-state index is 0.0925. The average molecular weight is 1340 g/mol. The Bertz CT molecular complexity index is 4030. The maximum Gasteiger partial charge on any atom is 0.225 e. The molecule has 3 atom stereocenters. The van der Waals surface area contributed by atoms with Gasteiger partial charge in [-0.2, -0.15) is 8.78 Å². The van der Waals surface area contributed by atoms with Crippen LogP contribution in [0.1, 0.15) is 52.9 Å². The summed E-state index contributed by atoms with van der Waals surface area (Å²) in [6.45, 7) is 6.21. The fourth-order valence-corrected chi connectivity index (χ4v) is 11.6. The van der Waals surface area contributed by atoms with E-state index in [2.05, 4.69) is 20.8 Å². The number of hydrogen-bond donors (Lipinski definition) is 1. The van der Waals surface area contributed by atoms with Crippen LogP contribution < -0.4 is 26.8 Å². The molecular weight excluding hydrogens is 1310 g/mol. The first-order valence-corrected chi connectivity index (χ1v) is 25.8. The molecule has 0 bridgehead atoms. The SMILES string of the molecule is CCCC(CC)CCC(C)C[NH+](CF)c1cccc(F)c1F.Fc1c(F)c(F)c2c([B-](c3c(F)c(F)c(F)c4c(F)c(F)c(F)c(F)c34)(c3c(F)c(F)c(F)c4c(F)c(F)c(F)c(F)c34)c3c(F)c(F)c(F)c4c(F)c(F)c(F)c(F)c34)c(F)c(F)c(F)c2c1F. The summed E-state index contributed by atoms with van der Waals surface area (Å²) in [5.74, 6) is -105. The number of alkyl halides is 1. The second-order valence-electron chi connectivity index (χ2n) is 20.6. The zero-order valence-electron chi connectivity index (χ0n) is 45.1. The van der Waals surface area contributed by atoms with E-state index in [0.29, 0.717) is 17.4 Å². The van der Waals surface area contributed by atoms with E-state index in [1.54, 1.807) is 0 Å². The van der Waals surface area contributed by atoms with Gasteiger partial charge in [0.25, 0.3) is 0 Å². The van der Waals surface area contributed by atoms with E-state index in [-0.39, 0.29) is 11.6 Å². The van der Waals surface area contributed by atoms with Gasteiger partial charge >= 0.3 is 0 Å². The van der Waals surface area contributed by atoms with E-state index in [1.807, 2.05) is 0 Å². The molecule has 0 saturated heterocycles. The number of hydrogen-bond acceptors (Lipinski definition) is 0. The van der Waals surface area contributed by atoms with Gasteiger partial charge in [0.05, 0.1) is 28.1 Å². The standard InChI is InChI=1S/C40BF28.C18H28F3N/c42-13-1-5(21(50)37(66)33(13)62)17(46)29(58)25(54)9(1)41(10-2-6(18(47)30(59)26(10)55)22(51)38(67)34(63)14(2)43,11-3-7(19(48)31(60)27(11)56)23(52)39(68)35(64)15(3)44)12-4-8(20(49)32(61)28(12)57)24(53)40(69)36(65)16(4)45;1-4-7-15(5-2)11-10-14(3)12-22(13-19)17-9-6-8-16(20)18(17)21/h;6,8-9,14-15H,4-5,7,10-13H2,1-3H3/q-1;/p+1. The third kappa shape index (κ3) is 10.2. The van der Waals surface area contributed by atoms with Crippen molar-refractivity contribution in [1.82, 2.24) is 0 Å². The van der Waals surface area contributed by atoms with Crippen molar-refractivity contribution in [2.75, 3.05) is 13.3 Å². The highest BCUT2D eigenvalue weighted by molar-refractivity contribution is 7.23. The molecule has 0 aliphatic heterocycles. The molecule has 0 spiro atoms. The summed E-state index contributed by atoms with van der Waals surface area (Å²) in [7, 11) is 0. The van der Waals surface area contributed by atoms with Gasteiger partial charge in [-0.3, -0.25) is 4.90 Å². The number of halogens is 31. The Labute approximate surface area is 487 Å². The van der Waals surface area contributed by atoms with Crippen molar-refractivity contribution >= 4 is 76.8 Å². The molecule has 0 aliphatic rings. The van der Waals surface area contributed by atoms with Crippen molar-refractivity contribution < 1.29 is 141 Å². The second kappa shape index (κ2) is 25.2. The fraction of sp³-hybridized carbons (Fsp3) is 0.207. The van der Waals surface area contributed by atoms with Crippen molar-refractivity contribution in [2.24, 2.45) is 11.8 Å². The number of quaternary nitrogens is 1. The number of fused-ring (bicyclic) bond motifs is 4. The zero-order chi connectivity index (χ0) is 68.1. The molecule has 1 N–H and O–H groups in total. The number of benzene rings is 9. The minimum Gasteiger partial charge on any atom is -0.273 e. The number of nitrogens with one attached hydrogen (secondary N) is 1. The molecule has 1 nitrogen and oxygen atoms in total. The van der Waals surface area contributed by atoms with Gasteiger partial charge in [0.15, 0.2) is 151 Å². The first-order chi connectivity index (χ1) is 42.5. The highest BCUT2D eigenvalue weighted by atomic mass is 19.2. The lowest BCUT2D eigenvalue weighted by Crippen LogP contribution is -3.07. The van der Waals surface area contributed by atoms with Crippen LogP contribution in [0.2, 0.25) is 0 Å². The lowest BCUT2D eigenvalue weighted by Gasteiger charge is -2.47. The Kier molecular flexibility index (Phi) is 19.0. The third-order valence-electron chi connectivity index (χ3n) is 15.7. The lowest BCUT2D eigenvalue weighted by atomic mass is 9.11. The van der Waals surface area contributed by atoms with Crippen LogP contribution in [0.5, 0.6) is 0 Å². The normalized spacial score (nSPS) is 13.1. The van der Waals surface area contributed by atoms with E-state index >= 15 is 105 Å². The van der Waals surface area contributed by atoms with Crippen molar-refractivity contribution in [2.45, 2.75) is 52.9 Å². The summed E-state index contributed by atoms with van der Waals surface area (Å²) in [5, 5.41) is -27.0. The third-order valence-corrected chi connectivity index (χ3v) is 15.7. The maximum atomic E-state index is 17.3. The fourth-order valence-electron chi connectivity index (χ4n) is 11.6. The molecule has 0 fully saturated rings. The topological polar surface area (TPSA) is 4.44 Å². The van der Waals surface area contributed by atoms with E-state index in [1.165, 1.54) is 31.4 Å².